The Kier molecular flexibility index (Phi) is 3.89. The number of hydrogen-bond acceptors (Lipinski definition) is 5. The Morgan fingerprint density at radius 1 is 1.23 bits per heavy atom. The van der Waals surface area contributed by atoms with Gasteiger partial charge in [-0.15, -0.1) is 0 Å². The molecule has 4 rings (SSSR count). The van der Waals surface area contributed by atoms with Crippen LogP contribution >= 0.6 is 0 Å². The highest BCUT2D eigenvalue weighted by Crippen LogP contribution is 2.67. The first kappa shape index (κ1) is 18.1. The molecule has 0 aromatic rings. The van der Waals surface area contributed by atoms with Crippen molar-refractivity contribution in [2.75, 3.05) is 6.61 Å². The largest absolute Gasteiger partial charge is 0.389 e. The van der Waals surface area contributed by atoms with Crippen molar-refractivity contribution in [3.8, 4) is 0 Å². The van der Waals surface area contributed by atoms with E-state index >= 15 is 0 Å². The summed E-state index contributed by atoms with van der Waals surface area (Å²) in [5, 5.41) is 31.3. The molecule has 7 atom stereocenters. The number of rotatable bonds is 2. The Hall–Kier alpha value is -1.30. The van der Waals surface area contributed by atoms with Crippen molar-refractivity contribution >= 4 is 11.6 Å². The van der Waals surface area contributed by atoms with Crippen molar-refractivity contribution in [3.05, 3.63) is 23.8 Å². The van der Waals surface area contributed by atoms with Crippen LogP contribution in [0.4, 0.5) is 0 Å². The minimum absolute atomic E-state index is 0.0700. The number of aliphatic hydroxyl groups is 3. The Balaban J connectivity index is 1.73. The zero-order valence-electron chi connectivity index (χ0n) is 15.4. The lowest BCUT2D eigenvalue weighted by Gasteiger charge is -2.58. The van der Waals surface area contributed by atoms with E-state index in [1.54, 1.807) is 12.2 Å². The number of ketones is 2. The van der Waals surface area contributed by atoms with Gasteiger partial charge < -0.3 is 15.3 Å². The highest BCUT2D eigenvalue weighted by molar-refractivity contribution is 6.01. The molecule has 142 valence electrons. The number of carbonyl (C=O) groups excluding carboxylic acids is 2. The highest BCUT2D eigenvalue weighted by Gasteiger charge is 2.66. The van der Waals surface area contributed by atoms with E-state index in [-0.39, 0.29) is 29.0 Å². The van der Waals surface area contributed by atoms with Crippen LogP contribution in [0.15, 0.2) is 23.8 Å². The standard InChI is InChI=1S/C21H28O5/c1-19-6-3-12(23)9-16(19)17(24)10-13-14(19)4-7-20(2)15(13)5-8-21(20,26)18(25)11-22/h3,6,9,13-15,17,22,24,26H,4-5,7-8,10-11H2,1-2H3/t13-,14+,15+,17-,19-,20+,21+/m1/s1. The molecule has 0 unspecified atom stereocenters. The SMILES string of the molecule is C[C@]12C=CC(=O)C=C1[C@H](O)C[C@@H]1[C@@H]2CC[C@@]2(C)[C@H]1CC[C@]2(O)C(=O)CO. The summed E-state index contributed by atoms with van der Waals surface area (Å²) in [5.41, 5.74) is -1.58. The molecule has 0 aromatic carbocycles. The zero-order chi connectivity index (χ0) is 18.9. The lowest BCUT2D eigenvalue weighted by atomic mass is 9.46. The molecule has 0 radical (unpaired) electrons. The molecule has 3 N–H and O–H groups in total. The second kappa shape index (κ2) is 5.60. The Bertz CT molecular complexity index is 724. The second-order valence-corrected chi connectivity index (χ2v) is 9.18. The van der Waals surface area contributed by atoms with Gasteiger partial charge in [0.25, 0.3) is 0 Å². The fraction of sp³-hybridized carbons (Fsp3) is 0.714. The third-order valence-electron chi connectivity index (χ3n) is 8.33. The zero-order valence-corrected chi connectivity index (χ0v) is 15.4. The van der Waals surface area contributed by atoms with Gasteiger partial charge >= 0.3 is 0 Å². The molecule has 4 aliphatic carbocycles. The summed E-state index contributed by atoms with van der Waals surface area (Å²) in [7, 11) is 0. The number of hydrogen-bond donors (Lipinski definition) is 3. The molecule has 3 fully saturated rings. The second-order valence-electron chi connectivity index (χ2n) is 9.18. The van der Waals surface area contributed by atoms with E-state index in [2.05, 4.69) is 6.92 Å². The van der Waals surface area contributed by atoms with E-state index in [1.165, 1.54) is 0 Å². The molecule has 0 spiro atoms. The fourth-order valence-corrected chi connectivity index (χ4v) is 6.85. The summed E-state index contributed by atoms with van der Waals surface area (Å²) in [5.74, 6) is 0.0443. The molecule has 26 heavy (non-hydrogen) atoms. The Labute approximate surface area is 153 Å². The summed E-state index contributed by atoms with van der Waals surface area (Å²) >= 11 is 0. The average Bonchev–Trinajstić information content (AvgIpc) is 2.88. The van der Waals surface area contributed by atoms with Crippen LogP contribution < -0.4 is 0 Å². The summed E-state index contributed by atoms with van der Waals surface area (Å²) in [6.45, 7) is 3.45. The van der Waals surface area contributed by atoms with E-state index in [4.69, 9.17) is 0 Å². The van der Waals surface area contributed by atoms with Gasteiger partial charge in [0.2, 0.25) is 0 Å². The maximum absolute atomic E-state index is 12.3. The molecule has 4 aliphatic rings. The lowest BCUT2D eigenvalue weighted by molar-refractivity contribution is -0.165. The average molecular weight is 360 g/mol. The smallest absolute Gasteiger partial charge is 0.190 e. The number of fused-ring (bicyclic) bond motifs is 5. The predicted octanol–water partition coefficient (Wildman–Crippen LogP) is 1.56. The first-order valence-electron chi connectivity index (χ1n) is 9.67. The van der Waals surface area contributed by atoms with Crippen LogP contribution in [-0.2, 0) is 9.59 Å². The third kappa shape index (κ3) is 2.08. The molecule has 0 amide bonds. The molecule has 0 saturated heterocycles. The quantitative estimate of drug-likeness (QED) is 0.695. The molecule has 5 nitrogen and oxygen atoms in total. The van der Waals surface area contributed by atoms with E-state index in [1.807, 2.05) is 13.0 Å². The van der Waals surface area contributed by atoms with Crippen molar-refractivity contribution < 1.29 is 24.9 Å². The van der Waals surface area contributed by atoms with Crippen LogP contribution in [-0.4, -0.2) is 45.2 Å². The molecule has 0 aromatic heterocycles. The summed E-state index contributed by atoms with van der Waals surface area (Å²) in [6.07, 6.45) is 7.69. The highest BCUT2D eigenvalue weighted by atomic mass is 16.3. The molecule has 5 heteroatoms. The molecule has 0 bridgehead atoms. The van der Waals surface area contributed by atoms with Gasteiger partial charge in [0.15, 0.2) is 11.6 Å². The first-order chi connectivity index (χ1) is 12.2. The third-order valence-corrected chi connectivity index (χ3v) is 8.33. The summed E-state index contributed by atoms with van der Waals surface area (Å²) < 4.78 is 0. The molecular weight excluding hydrogens is 332 g/mol. The van der Waals surface area contributed by atoms with Crippen LogP contribution in [0.3, 0.4) is 0 Å². The van der Waals surface area contributed by atoms with Crippen LogP contribution in [0, 0.1) is 28.6 Å². The molecule has 3 saturated carbocycles. The van der Waals surface area contributed by atoms with Gasteiger partial charge in [-0.2, -0.15) is 0 Å². The van der Waals surface area contributed by atoms with Gasteiger partial charge in [-0.05, 0) is 67.6 Å². The molecule has 0 heterocycles. The minimum Gasteiger partial charge on any atom is -0.389 e. The maximum atomic E-state index is 12.3. The predicted molar refractivity (Wildman–Crippen MR) is 95.0 cm³/mol. The van der Waals surface area contributed by atoms with Crippen LogP contribution in [0.25, 0.3) is 0 Å². The lowest BCUT2D eigenvalue weighted by Crippen LogP contribution is -2.59. The Morgan fingerprint density at radius 2 is 1.92 bits per heavy atom. The Morgan fingerprint density at radius 3 is 2.62 bits per heavy atom. The summed E-state index contributed by atoms with van der Waals surface area (Å²) in [6, 6.07) is 0. The monoisotopic (exact) mass is 360 g/mol. The van der Waals surface area contributed by atoms with Crippen molar-refractivity contribution in [2.24, 2.45) is 28.6 Å². The van der Waals surface area contributed by atoms with Gasteiger partial charge in [-0.25, -0.2) is 0 Å². The molecular formula is C21H28O5. The van der Waals surface area contributed by atoms with Crippen LogP contribution in [0.2, 0.25) is 0 Å². The van der Waals surface area contributed by atoms with Gasteiger partial charge in [-0.3, -0.25) is 9.59 Å². The first-order valence-corrected chi connectivity index (χ1v) is 9.67. The van der Waals surface area contributed by atoms with Gasteiger partial charge in [0.1, 0.15) is 12.2 Å². The normalized spacial score (nSPS) is 49.9. The van der Waals surface area contributed by atoms with Crippen molar-refractivity contribution in [1.82, 2.24) is 0 Å². The fourth-order valence-electron chi connectivity index (χ4n) is 6.85. The van der Waals surface area contributed by atoms with Crippen molar-refractivity contribution in [3.63, 3.8) is 0 Å². The van der Waals surface area contributed by atoms with Crippen LogP contribution in [0.5, 0.6) is 0 Å². The van der Waals surface area contributed by atoms with Crippen molar-refractivity contribution in [1.29, 1.82) is 0 Å². The van der Waals surface area contributed by atoms with E-state index in [9.17, 15) is 24.9 Å². The van der Waals surface area contributed by atoms with E-state index in [0.717, 1.165) is 18.4 Å². The number of Topliss-reactive ketones (excluding diaryl/α,β-unsaturated/α-hetero) is 1. The van der Waals surface area contributed by atoms with E-state index < -0.39 is 29.5 Å². The van der Waals surface area contributed by atoms with Gasteiger partial charge in [0, 0.05) is 10.8 Å². The topological polar surface area (TPSA) is 94.8 Å². The number of allylic oxidation sites excluding steroid dienone is 3. The summed E-state index contributed by atoms with van der Waals surface area (Å²) in [4.78, 5) is 24.2. The van der Waals surface area contributed by atoms with Crippen molar-refractivity contribution in [2.45, 2.75) is 57.7 Å². The number of aliphatic hydroxyl groups excluding tert-OH is 2. The minimum atomic E-state index is -1.47. The molecule has 0 aliphatic heterocycles. The number of carbonyl (C=O) groups is 2. The van der Waals surface area contributed by atoms with Gasteiger partial charge in [0.05, 0.1) is 6.10 Å². The van der Waals surface area contributed by atoms with E-state index in [0.29, 0.717) is 19.3 Å². The van der Waals surface area contributed by atoms with Gasteiger partial charge in [-0.1, -0.05) is 19.9 Å². The van der Waals surface area contributed by atoms with Crippen LogP contribution in [0.1, 0.15) is 46.0 Å². The maximum Gasteiger partial charge on any atom is 0.190 e.